The van der Waals surface area contributed by atoms with Crippen LogP contribution in [-0.4, -0.2) is 22.2 Å². The van der Waals surface area contributed by atoms with Gasteiger partial charge >= 0.3 is 5.97 Å². The quantitative estimate of drug-likeness (QED) is 0.327. The minimum Gasteiger partial charge on any atom is -0.481 e. The Balaban J connectivity index is 0. The van der Waals surface area contributed by atoms with Crippen LogP contribution < -0.4 is 0 Å². The molecule has 156 valence electrons. The summed E-state index contributed by atoms with van der Waals surface area (Å²) < 4.78 is 0. The Morgan fingerprint density at radius 1 is 0.607 bits per heavy atom. The van der Waals surface area contributed by atoms with E-state index < -0.39 is 11.9 Å². The van der Waals surface area contributed by atoms with E-state index in [-0.39, 0.29) is 6.42 Å². The molecule has 0 saturated heterocycles. The molecular weight excluding hydrogens is 352 g/mol. The maximum Gasteiger partial charge on any atom is 0.303 e. The van der Waals surface area contributed by atoms with Crippen LogP contribution in [0.15, 0.2) is 72.9 Å². The first-order valence-electron chi connectivity index (χ1n) is 9.82. The van der Waals surface area contributed by atoms with Gasteiger partial charge in [-0.05, 0) is 44.9 Å². The fraction of sp³-hybridized carbons (Fsp3) is 0.417. The summed E-state index contributed by atoms with van der Waals surface area (Å²) in [6.07, 6.45) is 32.5. The van der Waals surface area contributed by atoms with Gasteiger partial charge in [-0.1, -0.05) is 79.8 Å². The van der Waals surface area contributed by atoms with Crippen LogP contribution in [0, 0.1) is 0 Å². The lowest BCUT2D eigenvalue weighted by Gasteiger charge is -1.87. The zero-order valence-corrected chi connectivity index (χ0v) is 17.3. The van der Waals surface area contributed by atoms with E-state index in [1.54, 1.807) is 0 Å². The van der Waals surface area contributed by atoms with E-state index in [4.69, 9.17) is 15.0 Å². The van der Waals surface area contributed by atoms with Gasteiger partial charge in [0.2, 0.25) is 0 Å². The topological polar surface area (TPSA) is 74.6 Å². The highest BCUT2D eigenvalue weighted by molar-refractivity contribution is 5.66. The third-order valence-electron chi connectivity index (χ3n) is 3.12. The Labute approximate surface area is 170 Å². The first kappa shape index (κ1) is 27.6. The first-order chi connectivity index (χ1) is 13.5. The average molecular weight is 389 g/mol. The molecule has 0 aromatic carbocycles. The van der Waals surface area contributed by atoms with E-state index in [0.29, 0.717) is 6.42 Å². The third kappa shape index (κ3) is 34.7. The number of carboxylic acid groups (broad SMARTS) is 2. The van der Waals surface area contributed by atoms with E-state index in [0.717, 1.165) is 45.4 Å². The number of rotatable bonds is 14. The lowest BCUT2D eigenvalue weighted by molar-refractivity contribution is -0.137. The van der Waals surface area contributed by atoms with Crippen LogP contribution in [0.4, 0.5) is 0 Å². The zero-order valence-electron chi connectivity index (χ0n) is 17.3. The molecule has 0 rings (SSSR count). The average Bonchev–Trinajstić information content (AvgIpc) is 2.63. The molecule has 0 fully saturated rings. The van der Waals surface area contributed by atoms with Crippen molar-refractivity contribution >= 4 is 11.9 Å². The van der Waals surface area contributed by atoms with Crippen molar-refractivity contribution in [3.05, 3.63) is 72.9 Å². The normalized spacial score (nSPS) is 12.1. The highest BCUT2D eigenvalue weighted by Gasteiger charge is 1.90. The molecule has 0 aliphatic rings. The van der Waals surface area contributed by atoms with Gasteiger partial charge in [0.25, 0.3) is 5.97 Å². The molecule has 0 radical (unpaired) electrons. The van der Waals surface area contributed by atoms with Crippen molar-refractivity contribution in [3.8, 4) is 0 Å². The Bertz CT molecular complexity index is 545. The molecule has 0 aliphatic heterocycles. The third-order valence-corrected chi connectivity index (χ3v) is 3.12. The van der Waals surface area contributed by atoms with Gasteiger partial charge in [-0.15, -0.1) is 0 Å². The van der Waals surface area contributed by atoms with Crippen LogP contribution in [-0.2, 0) is 9.59 Å². The van der Waals surface area contributed by atoms with Gasteiger partial charge in [-0.25, -0.2) is 0 Å². The standard InChI is InChI=1S/C22H32O2.C2H4O2/c1-2-3-4-5-6-7-8-9-10-11-12-13-14-15-16-17-18-19-20-21-22(23)24;1-2(3)4/h3-4,6-7,9-10,12-13,15-16,18-19H,2,5,8,11,14,17,20-21H2,1H3,(H,23,24);1H3,(H,3,4)/b4-3-,7-6-,10-9-,13-12-,16-15-,19-18-;. The second kappa shape index (κ2) is 24.4. The molecule has 0 aromatic heterocycles. The number of carboxylic acids is 2. The summed E-state index contributed by atoms with van der Waals surface area (Å²) in [6.45, 7) is 3.23. The van der Waals surface area contributed by atoms with Crippen LogP contribution >= 0.6 is 0 Å². The SMILES string of the molecule is CC(=O)O.CC/C=C\C/C=C\C/C=C\C/C=C\C/C=C\C/C=C\CCC(=O)O. The number of allylic oxidation sites excluding steroid dienone is 12. The highest BCUT2D eigenvalue weighted by atomic mass is 16.4. The van der Waals surface area contributed by atoms with Crippen LogP contribution in [0.5, 0.6) is 0 Å². The maximum absolute atomic E-state index is 10.3. The van der Waals surface area contributed by atoms with Crippen molar-refractivity contribution in [2.75, 3.05) is 0 Å². The van der Waals surface area contributed by atoms with Gasteiger partial charge in [-0.2, -0.15) is 0 Å². The van der Waals surface area contributed by atoms with Gasteiger partial charge in [0, 0.05) is 13.3 Å². The molecule has 2 N–H and O–H groups in total. The van der Waals surface area contributed by atoms with Crippen LogP contribution in [0.2, 0.25) is 0 Å². The fourth-order valence-electron chi connectivity index (χ4n) is 1.85. The maximum atomic E-state index is 10.3. The lowest BCUT2D eigenvalue weighted by atomic mass is 10.2. The van der Waals surface area contributed by atoms with E-state index in [1.165, 1.54) is 0 Å². The Morgan fingerprint density at radius 3 is 1.18 bits per heavy atom. The molecule has 4 nitrogen and oxygen atoms in total. The van der Waals surface area contributed by atoms with Gasteiger partial charge in [0.15, 0.2) is 0 Å². The molecule has 0 aliphatic carbocycles. The molecule has 0 saturated carbocycles. The minimum absolute atomic E-state index is 0.210. The molecule has 4 heteroatoms. The fourth-order valence-corrected chi connectivity index (χ4v) is 1.85. The summed E-state index contributed by atoms with van der Waals surface area (Å²) in [5.41, 5.74) is 0. The van der Waals surface area contributed by atoms with Gasteiger partial charge in [0.05, 0.1) is 0 Å². The largest absolute Gasteiger partial charge is 0.481 e. The molecule has 0 heterocycles. The van der Waals surface area contributed by atoms with Gasteiger partial charge in [0.1, 0.15) is 0 Å². The van der Waals surface area contributed by atoms with E-state index in [1.807, 2.05) is 12.2 Å². The summed E-state index contributed by atoms with van der Waals surface area (Å²) in [5.74, 6) is -1.57. The second-order valence-corrected chi connectivity index (χ2v) is 5.87. The molecule has 28 heavy (non-hydrogen) atoms. The smallest absolute Gasteiger partial charge is 0.303 e. The van der Waals surface area contributed by atoms with Gasteiger partial charge < -0.3 is 10.2 Å². The lowest BCUT2D eigenvalue weighted by Crippen LogP contribution is -1.91. The summed E-state index contributed by atoms with van der Waals surface area (Å²) >= 11 is 0. The van der Waals surface area contributed by atoms with Crippen molar-refractivity contribution in [2.24, 2.45) is 0 Å². The van der Waals surface area contributed by atoms with Crippen LogP contribution in [0.25, 0.3) is 0 Å². The number of aliphatic carboxylic acids is 2. The molecule has 0 unspecified atom stereocenters. The minimum atomic E-state index is -0.833. The van der Waals surface area contributed by atoms with E-state index in [9.17, 15) is 4.79 Å². The Hall–Kier alpha value is -2.62. The summed E-state index contributed by atoms with van der Waals surface area (Å²) in [4.78, 5) is 19.3. The Morgan fingerprint density at radius 2 is 0.893 bits per heavy atom. The number of hydrogen-bond acceptors (Lipinski definition) is 2. The number of carbonyl (C=O) groups is 2. The summed E-state index contributed by atoms with van der Waals surface area (Å²) in [7, 11) is 0. The van der Waals surface area contributed by atoms with Gasteiger partial charge in [-0.3, -0.25) is 9.59 Å². The molecular formula is C24H36O4. The van der Waals surface area contributed by atoms with Crippen molar-refractivity contribution in [2.45, 2.75) is 65.2 Å². The second-order valence-electron chi connectivity index (χ2n) is 5.87. The molecule has 0 bridgehead atoms. The van der Waals surface area contributed by atoms with Crippen LogP contribution in [0.1, 0.15) is 65.2 Å². The molecule has 0 aromatic rings. The number of hydrogen-bond donors (Lipinski definition) is 2. The predicted molar refractivity (Wildman–Crippen MR) is 118 cm³/mol. The van der Waals surface area contributed by atoms with Crippen LogP contribution in [0.3, 0.4) is 0 Å². The van der Waals surface area contributed by atoms with Crippen molar-refractivity contribution in [3.63, 3.8) is 0 Å². The molecule has 0 atom stereocenters. The summed E-state index contributed by atoms with van der Waals surface area (Å²) in [6, 6.07) is 0. The first-order valence-corrected chi connectivity index (χ1v) is 9.82. The monoisotopic (exact) mass is 388 g/mol. The van der Waals surface area contributed by atoms with Crippen molar-refractivity contribution in [1.82, 2.24) is 0 Å². The summed E-state index contributed by atoms with van der Waals surface area (Å²) in [5, 5.41) is 15.9. The molecule has 0 amide bonds. The van der Waals surface area contributed by atoms with Crippen molar-refractivity contribution in [1.29, 1.82) is 0 Å². The Kier molecular flexibility index (Phi) is 24.0. The van der Waals surface area contributed by atoms with E-state index >= 15 is 0 Å². The zero-order chi connectivity index (χ0) is 21.3. The van der Waals surface area contributed by atoms with E-state index in [2.05, 4.69) is 67.7 Å². The predicted octanol–water partition coefficient (Wildman–Crippen LogP) is 6.64. The van der Waals surface area contributed by atoms with Crippen molar-refractivity contribution < 1.29 is 19.8 Å². The molecule has 0 spiro atoms. The highest BCUT2D eigenvalue weighted by Crippen LogP contribution is 1.97.